The van der Waals surface area contributed by atoms with Gasteiger partial charge in [-0.15, -0.1) is 0 Å². The van der Waals surface area contributed by atoms with Crippen molar-refractivity contribution in [3.05, 3.63) is 0 Å². The van der Waals surface area contributed by atoms with E-state index in [9.17, 15) is 4.79 Å². The van der Waals surface area contributed by atoms with E-state index in [1.807, 2.05) is 0 Å². The highest BCUT2D eigenvalue weighted by molar-refractivity contribution is 5.84. The molecule has 0 spiro atoms. The van der Waals surface area contributed by atoms with Crippen LogP contribution < -0.4 is 5.32 Å². The molecule has 2 atom stereocenters. The molecular weight excluding hydrogens is 248 g/mol. The first kappa shape index (κ1) is 15.8. The van der Waals surface area contributed by atoms with Gasteiger partial charge in [-0.1, -0.05) is 47.5 Å². The summed E-state index contributed by atoms with van der Waals surface area (Å²) in [7, 11) is 0. The van der Waals surface area contributed by atoms with E-state index in [0.717, 1.165) is 13.0 Å². The molecule has 1 saturated heterocycles. The van der Waals surface area contributed by atoms with Crippen LogP contribution in [0.1, 0.15) is 66.7 Å². The van der Waals surface area contributed by atoms with E-state index in [0.29, 0.717) is 23.9 Å². The topological polar surface area (TPSA) is 32.3 Å². The van der Waals surface area contributed by atoms with Crippen molar-refractivity contribution < 1.29 is 4.79 Å². The lowest BCUT2D eigenvalue weighted by Gasteiger charge is -2.31. The van der Waals surface area contributed by atoms with Gasteiger partial charge in [0.25, 0.3) is 0 Å². The van der Waals surface area contributed by atoms with Crippen molar-refractivity contribution in [2.24, 2.45) is 17.3 Å². The standard InChI is InChI=1S/C17H32N2O/c1-12(2)14-16(20)19(11-10-17(3,4)5)15(18-14)13-8-6-7-9-13/h12-15,18H,6-11H2,1-5H3. The van der Waals surface area contributed by atoms with Crippen molar-refractivity contribution in [1.29, 1.82) is 0 Å². The molecule has 0 bridgehead atoms. The maximum absolute atomic E-state index is 12.7. The highest BCUT2D eigenvalue weighted by Crippen LogP contribution is 2.34. The van der Waals surface area contributed by atoms with Gasteiger partial charge < -0.3 is 4.90 Å². The second kappa shape index (κ2) is 6.05. The average Bonchev–Trinajstić information content (AvgIpc) is 2.92. The van der Waals surface area contributed by atoms with Gasteiger partial charge in [0.2, 0.25) is 5.91 Å². The predicted molar refractivity (Wildman–Crippen MR) is 83.3 cm³/mol. The van der Waals surface area contributed by atoms with Gasteiger partial charge in [0.15, 0.2) is 0 Å². The first-order valence-corrected chi connectivity index (χ1v) is 8.36. The Morgan fingerprint density at radius 2 is 1.85 bits per heavy atom. The highest BCUT2D eigenvalue weighted by atomic mass is 16.2. The van der Waals surface area contributed by atoms with E-state index in [4.69, 9.17) is 0 Å². The van der Waals surface area contributed by atoms with Crippen molar-refractivity contribution in [3.63, 3.8) is 0 Å². The van der Waals surface area contributed by atoms with Crippen LogP contribution >= 0.6 is 0 Å². The first-order chi connectivity index (χ1) is 9.29. The Morgan fingerprint density at radius 1 is 1.25 bits per heavy atom. The molecule has 2 aliphatic rings. The van der Waals surface area contributed by atoms with Crippen LogP contribution in [0.2, 0.25) is 0 Å². The van der Waals surface area contributed by atoms with Gasteiger partial charge in [0.1, 0.15) is 0 Å². The number of rotatable bonds is 4. The third-order valence-electron chi connectivity index (χ3n) is 4.85. The van der Waals surface area contributed by atoms with Crippen LogP contribution in [0.3, 0.4) is 0 Å². The summed E-state index contributed by atoms with van der Waals surface area (Å²) in [4.78, 5) is 14.9. The number of nitrogens with one attached hydrogen (secondary N) is 1. The Bertz CT molecular complexity index is 339. The number of amides is 1. The summed E-state index contributed by atoms with van der Waals surface area (Å²) in [5.74, 6) is 1.38. The minimum Gasteiger partial charge on any atom is -0.325 e. The Labute approximate surface area is 124 Å². The lowest BCUT2D eigenvalue weighted by Crippen LogP contribution is -2.43. The lowest BCUT2D eigenvalue weighted by atomic mass is 9.91. The maximum atomic E-state index is 12.7. The third-order valence-corrected chi connectivity index (χ3v) is 4.85. The van der Waals surface area contributed by atoms with E-state index >= 15 is 0 Å². The summed E-state index contributed by atoms with van der Waals surface area (Å²) in [5, 5.41) is 3.64. The van der Waals surface area contributed by atoms with Gasteiger partial charge in [-0.2, -0.15) is 0 Å². The summed E-state index contributed by atoms with van der Waals surface area (Å²) in [6.45, 7) is 12.0. The van der Waals surface area contributed by atoms with Crippen LogP contribution in [0.25, 0.3) is 0 Å². The Morgan fingerprint density at radius 3 is 2.35 bits per heavy atom. The summed E-state index contributed by atoms with van der Waals surface area (Å²) >= 11 is 0. The Hall–Kier alpha value is -0.570. The normalized spacial score (nSPS) is 28.9. The van der Waals surface area contributed by atoms with E-state index in [1.165, 1.54) is 25.7 Å². The fraction of sp³-hybridized carbons (Fsp3) is 0.941. The predicted octanol–water partition coefficient (Wildman–Crippen LogP) is 3.40. The highest BCUT2D eigenvalue weighted by Gasteiger charge is 2.44. The molecule has 1 aliphatic carbocycles. The molecular formula is C17H32N2O. The SMILES string of the molecule is CC(C)C1NC(C2CCCC2)N(CCC(C)(C)C)C1=O. The van der Waals surface area contributed by atoms with Gasteiger partial charge in [-0.3, -0.25) is 10.1 Å². The third kappa shape index (κ3) is 3.55. The molecule has 0 aromatic carbocycles. The second-order valence-corrected chi connectivity index (χ2v) is 8.22. The minimum absolute atomic E-state index is 0.0283. The van der Waals surface area contributed by atoms with Crippen molar-refractivity contribution in [2.45, 2.75) is 78.9 Å². The molecule has 20 heavy (non-hydrogen) atoms. The van der Waals surface area contributed by atoms with E-state index in [2.05, 4.69) is 44.8 Å². The van der Waals surface area contributed by atoms with Gasteiger partial charge in [-0.25, -0.2) is 0 Å². The molecule has 116 valence electrons. The molecule has 2 fully saturated rings. The summed E-state index contributed by atoms with van der Waals surface area (Å²) < 4.78 is 0. The molecule has 0 aromatic rings. The van der Waals surface area contributed by atoms with Crippen molar-refractivity contribution in [1.82, 2.24) is 10.2 Å². The van der Waals surface area contributed by atoms with Crippen LogP contribution in [0.5, 0.6) is 0 Å². The molecule has 1 N–H and O–H groups in total. The quantitative estimate of drug-likeness (QED) is 0.856. The number of hydrogen-bond acceptors (Lipinski definition) is 2. The second-order valence-electron chi connectivity index (χ2n) is 8.22. The monoisotopic (exact) mass is 280 g/mol. The largest absolute Gasteiger partial charge is 0.325 e. The maximum Gasteiger partial charge on any atom is 0.241 e. The van der Waals surface area contributed by atoms with Crippen LogP contribution in [-0.4, -0.2) is 29.6 Å². The van der Waals surface area contributed by atoms with Crippen LogP contribution in [0, 0.1) is 17.3 Å². The fourth-order valence-electron chi connectivity index (χ4n) is 3.51. The molecule has 0 radical (unpaired) electrons. The van der Waals surface area contributed by atoms with Gasteiger partial charge in [0.05, 0.1) is 12.2 Å². The zero-order valence-corrected chi connectivity index (χ0v) is 13.9. The van der Waals surface area contributed by atoms with Gasteiger partial charge in [0, 0.05) is 6.54 Å². The number of carbonyl (C=O) groups is 1. The van der Waals surface area contributed by atoms with E-state index < -0.39 is 0 Å². The fourth-order valence-corrected chi connectivity index (χ4v) is 3.51. The molecule has 2 rings (SSSR count). The average molecular weight is 280 g/mol. The lowest BCUT2D eigenvalue weighted by molar-refractivity contribution is -0.131. The molecule has 3 nitrogen and oxygen atoms in total. The van der Waals surface area contributed by atoms with Crippen molar-refractivity contribution in [2.75, 3.05) is 6.54 Å². The van der Waals surface area contributed by atoms with Crippen molar-refractivity contribution >= 4 is 5.91 Å². The smallest absolute Gasteiger partial charge is 0.241 e. The minimum atomic E-state index is 0.0283. The molecule has 1 heterocycles. The van der Waals surface area contributed by atoms with E-state index in [1.54, 1.807) is 0 Å². The summed E-state index contributed by atoms with van der Waals surface area (Å²) in [6.07, 6.45) is 6.59. The zero-order chi connectivity index (χ0) is 14.9. The van der Waals surface area contributed by atoms with Crippen LogP contribution in [0.4, 0.5) is 0 Å². The number of carbonyl (C=O) groups excluding carboxylic acids is 1. The molecule has 1 aliphatic heterocycles. The van der Waals surface area contributed by atoms with E-state index in [-0.39, 0.29) is 11.5 Å². The summed E-state index contributed by atoms with van der Waals surface area (Å²) in [6, 6.07) is 0.0283. The summed E-state index contributed by atoms with van der Waals surface area (Å²) in [5.41, 5.74) is 0.288. The van der Waals surface area contributed by atoms with Gasteiger partial charge >= 0.3 is 0 Å². The molecule has 0 aromatic heterocycles. The Kier molecular flexibility index (Phi) is 4.78. The van der Waals surface area contributed by atoms with Gasteiger partial charge in [-0.05, 0) is 36.5 Å². The van der Waals surface area contributed by atoms with Crippen LogP contribution in [0.15, 0.2) is 0 Å². The van der Waals surface area contributed by atoms with Crippen molar-refractivity contribution in [3.8, 4) is 0 Å². The molecule has 2 unspecified atom stereocenters. The molecule has 3 heteroatoms. The number of hydrogen-bond donors (Lipinski definition) is 1. The zero-order valence-electron chi connectivity index (χ0n) is 13.9. The molecule has 1 amide bonds. The first-order valence-electron chi connectivity index (χ1n) is 8.36. The number of nitrogens with zero attached hydrogens (tertiary/aromatic N) is 1. The van der Waals surface area contributed by atoms with Crippen LogP contribution in [-0.2, 0) is 4.79 Å². The Balaban J connectivity index is 2.08. The molecule has 1 saturated carbocycles.